The molecule has 0 radical (unpaired) electrons. The Kier molecular flexibility index (Phi) is 7.23. The number of aromatic amines is 1. The van der Waals surface area contributed by atoms with E-state index >= 15 is 4.39 Å². The van der Waals surface area contributed by atoms with Gasteiger partial charge in [0.2, 0.25) is 5.95 Å². The van der Waals surface area contributed by atoms with Crippen molar-refractivity contribution in [3.05, 3.63) is 54.5 Å². The molecule has 5 heterocycles. The lowest BCUT2D eigenvalue weighted by molar-refractivity contribution is 0.0764. The second-order valence-electron chi connectivity index (χ2n) is 13.2. The van der Waals surface area contributed by atoms with Crippen molar-refractivity contribution in [3.63, 3.8) is 0 Å². The minimum atomic E-state index is -2.54. The van der Waals surface area contributed by atoms with Crippen LogP contribution in [0.2, 0.25) is 0 Å². The molecule has 1 atom stereocenters. The zero-order valence-corrected chi connectivity index (χ0v) is 26.7. The van der Waals surface area contributed by atoms with Gasteiger partial charge in [-0.05, 0) is 76.4 Å². The van der Waals surface area contributed by atoms with Crippen LogP contribution in [0.25, 0.3) is 11.0 Å². The Hall–Kier alpha value is -3.66. The van der Waals surface area contributed by atoms with Gasteiger partial charge in [0.05, 0.1) is 17.1 Å². The number of H-pyrrole nitrogens is 1. The largest absolute Gasteiger partial charge is 0.489 e. The van der Waals surface area contributed by atoms with Crippen molar-refractivity contribution in [2.24, 2.45) is 0 Å². The smallest absolute Gasteiger partial charge is 0.231 e. The van der Waals surface area contributed by atoms with Gasteiger partial charge in [0.15, 0.2) is 5.82 Å². The fourth-order valence-electron chi connectivity index (χ4n) is 7.32. The third-order valence-electron chi connectivity index (χ3n) is 9.75. The van der Waals surface area contributed by atoms with Crippen molar-refractivity contribution in [1.82, 2.24) is 24.8 Å². The summed E-state index contributed by atoms with van der Waals surface area (Å²) < 4.78 is 35.0. The molecule has 1 aliphatic carbocycles. The van der Waals surface area contributed by atoms with Gasteiger partial charge in [-0.15, -0.1) is 0 Å². The van der Waals surface area contributed by atoms with E-state index in [4.69, 9.17) is 9.72 Å². The molecule has 4 aromatic rings. The number of ether oxygens (including phenoxy) is 1. The van der Waals surface area contributed by atoms with E-state index in [1.165, 1.54) is 44.8 Å². The molecule has 2 aromatic carbocycles. The Balaban J connectivity index is 1.000. The number of hydrogen-bond donors (Lipinski definition) is 3. The zero-order valence-electron chi connectivity index (χ0n) is 25.8. The second kappa shape index (κ2) is 11.3. The lowest BCUT2D eigenvalue weighted by atomic mass is 9.99. The SMILES string of the molecule is CP(C)(=O)c1ccccc1Nc1nc(Nc2cc(F)c3c(c2)OC[C@H]2CN(C4CCN(C5CC5)CC4)CCN32)nc2[nH]ccc12. The summed E-state index contributed by atoms with van der Waals surface area (Å²) in [4.78, 5) is 20.0. The van der Waals surface area contributed by atoms with Gasteiger partial charge in [-0.3, -0.25) is 4.90 Å². The molecular formula is C33H40FN8O2P. The monoisotopic (exact) mass is 630 g/mol. The van der Waals surface area contributed by atoms with E-state index in [-0.39, 0.29) is 11.9 Å². The molecule has 3 fully saturated rings. The van der Waals surface area contributed by atoms with Gasteiger partial charge < -0.3 is 34.7 Å². The molecule has 4 aliphatic rings. The molecule has 3 aliphatic heterocycles. The van der Waals surface area contributed by atoms with E-state index in [0.29, 0.717) is 47.2 Å². The number of para-hydroxylation sites is 1. The third kappa shape index (κ3) is 5.66. The number of halogens is 1. The van der Waals surface area contributed by atoms with Crippen LogP contribution in [0.3, 0.4) is 0 Å². The Labute approximate surface area is 262 Å². The lowest BCUT2D eigenvalue weighted by Gasteiger charge is -2.49. The summed E-state index contributed by atoms with van der Waals surface area (Å²) in [5, 5.41) is 8.10. The molecular weight excluding hydrogens is 590 g/mol. The van der Waals surface area contributed by atoms with Crippen LogP contribution in [0.1, 0.15) is 25.7 Å². The number of aromatic nitrogens is 3. The standard InChI is InChI=1S/C33H40FN8O2P/c1-45(2,43)29-6-4-3-5-27(29)37-32-25-9-12-35-31(25)38-33(39-32)36-21-17-26(34)30-28(18-21)44-20-24-19-41(15-16-42(24)30)23-10-13-40(14-11-23)22-7-8-22/h3-6,9,12,17-18,22-24H,7-8,10-11,13-16,19-20H2,1-2H3,(H3,35,36,37,38,39)/t24-/m1/s1. The number of rotatable bonds is 7. The van der Waals surface area contributed by atoms with E-state index in [9.17, 15) is 4.57 Å². The Morgan fingerprint density at radius 2 is 1.73 bits per heavy atom. The van der Waals surface area contributed by atoms with Crippen LogP contribution < -0.4 is 25.6 Å². The molecule has 45 heavy (non-hydrogen) atoms. The molecule has 3 N–H and O–H groups in total. The predicted octanol–water partition coefficient (Wildman–Crippen LogP) is 5.34. The molecule has 8 rings (SSSR count). The average molecular weight is 631 g/mol. The first kappa shape index (κ1) is 28.8. The number of nitrogens with one attached hydrogen (secondary N) is 3. The van der Waals surface area contributed by atoms with Crippen LogP contribution >= 0.6 is 7.14 Å². The molecule has 10 nitrogen and oxygen atoms in total. The second-order valence-corrected chi connectivity index (χ2v) is 16.4. The van der Waals surface area contributed by atoms with E-state index in [1.807, 2.05) is 36.4 Å². The summed E-state index contributed by atoms with van der Waals surface area (Å²) >= 11 is 0. The zero-order chi connectivity index (χ0) is 30.7. The van der Waals surface area contributed by atoms with Gasteiger partial charge >= 0.3 is 0 Å². The molecule has 0 unspecified atom stereocenters. The third-order valence-corrected chi connectivity index (χ3v) is 11.3. The number of piperidine rings is 1. The minimum absolute atomic E-state index is 0.137. The molecule has 0 spiro atoms. The van der Waals surface area contributed by atoms with Crippen LogP contribution in [-0.4, -0.2) is 95.5 Å². The summed E-state index contributed by atoms with van der Waals surface area (Å²) in [5.74, 6) is 1.07. The minimum Gasteiger partial charge on any atom is -0.489 e. The fraction of sp³-hybridized carbons (Fsp3) is 0.455. The highest BCUT2D eigenvalue weighted by Crippen LogP contribution is 2.42. The van der Waals surface area contributed by atoms with E-state index < -0.39 is 7.14 Å². The maximum atomic E-state index is 15.8. The first-order chi connectivity index (χ1) is 21.8. The Bertz CT molecular complexity index is 1780. The molecule has 0 amide bonds. The molecule has 12 heteroatoms. The van der Waals surface area contributed by atoms with Gasteiger partial charge in [-0.25, -0.2) is 4.39 Å². The number of hydrogen-bond acceptors (Lipinski definition) is 9. The predicted molar refractivity (Wildman–Crippen MR) is 178 cm³/mol. The first-order valence-electron chi connectivity index (χ1n) is 16.0. The van der Waals surface area contributed by atoms with E-state index in [1.54, 1.807) is 19.5 Å². The molecule has 0 bridgehead atoms. The quantitative estimate of drug-likeness (QED) is 0.234. The maximum absolute atomic E-state index is 15.8. The van der Waals surface area contributed by atoms with Crippen LogP contribution in [0.5, 0.6) is 5.75 Å². The molecule has 236 valence electrons. The van der Waals surface area contributed by atoms with E-state index in [0.717, 1.165) is 42.1 Å². The van der Waals surface area contributed by atoms with Crippen molar-refractivity contribution >= 4 is 52.3 Å². The highest BCUT2D eigenvalue weighted by molar-refractivity contribution is 7.70. The number of anilines is 5. The van der Waals surface area contributed by atoms with Crippen LogP contribution in [0, 0.1) is 5.82 Å². The number of benzene rings is 2. The number of nitrogens with zero attached hydrogens (tertiary/aromatic N) is 5. The van der Waals surface area contributed by atoms with Crippen molar-refractivity contribution < 1.29 is 13.7 Å². The number of likely N-dealkylation sites (tertiary alicyclic amines) is 1. The van der Waals surface area contributed by atoms with Gasteiger partial charge in [0.25, 0.3) is 0 Å². The maximum Gasteiger partial charge on any atom is 0.231 e. The summed E-state index contributed by atoms with van der Waals surface area (Å²) in [6, 6.07) is 14.4. The summed E-state index contributed by atoms with van der Waals surface area (Å²) in [6.07, 6.45) is 6.99. The van der Waals surface area contributed by atoms with Crippen molar-refractivity contribution in [1.29, 1.82) is 0 Å². The number of fused-ring (bicyclic) bond motifs is 4. The van der Waals surface area contributed by atoms with Crippen molar-refractivity contribution in [2.45, 2.75) is 43.8 Å². The lowest BCUT2D eigenvalue weighted by Crippen LogP contribution is -2.60. The highest BCUT2D eigenvalue weighted by atomic mass is 31.2. The number of piperazine rings is 1. The highest BCUT2D eigenvalue weighted by Gasteiger charge is 2.39. The Morgan fingerprint density at radius 3 is 2.53 bits per heavy atom. The Morgan fingerprint density at radius 1 is 0.933 bits per heavy atom. The summed E-state index contributed by atoms with van der Waals surface area (Å²) in [7, 11) is -2.54. The first-order valence-corrected chi connectivity index (χ1v) is 18.6. The topological polar surface area (TPSA) is 102 Å². The van der Waals surface area contributed by atoms with Crippen LogP contribution in [-0.2, 0) is 4.57 Å². The van der Waals surface area contributed by atoms with Gasteiger partial charge in [-0.1, -0.05) is 12.1 Å². The molecule has 1 saturated carbocycles. The summed E-state index contributed by atoms with van der Waals surface area (Å²) in [6.45, 7) is 9.08. The fourth-order valence-corrected chi connectivity index (χ4v) is 8.48. The average Bonchev–Trinajstić information content (AvgIpc) is 3.77. The van der Waals surface area contributed by atoms with Crippen LogP contribution in [0.15, 0.2) is 48.7 Å². The van der Waals surface area contributed by atoms with Gasteiger partial charge in [0.1, 0.15) is 36.7 Å². The van der Waals surface area contributed by atoms with E-state index in [2.05, 4.69) is 35.3 Å². The van der Waals surface area contributed by atoms with Gasteiger partial charge in [0, 0.05) is 55.0 Å². The van der Waals surface area contributed by atoms with Crippen molar-refractivity contribution in [2.75, 3.05) is 68.2 Å². The van der Waals surface area contributed by atoms with Crippen LogP contribution in [0.4, 0.5) is 33.2 Å². The molecule has 2 saturated heterocycles. The molecule has 2 aromatic heterocycles. The van der Waals surface area contributed by atoms with Crippen molar-refractivity contribution in [3.8, 4) is 5.75 Å². The summed E-state index contributed by atoms with van der Waals surface area (Å²) in [5.41, 5.74) is 2.40. The van der Waals surface area contributed by atoms with Gasteiger partial charge in [-0.2, -0.15) is 9.97 Å². The normalized spacial score (nSPS) is 21.3.